The van der Waals surface area contributed by atoms with E-state index in [2.05, 4.69) is 21.2 Å². The summed E-state index contributed by atoms with van der Waals surface area (Å²) in [6.07, 6.45) is 5.51. The first kappa shape index (κ1) is 29.8. The van der Waals surface area contributed by atoms with Crippen molar-refractivity contribution in [2.75, 3.05) is 31.1 Å². The van der Waals surface area contributed by atoms with Gasteiger partial charge in [0.1, 0.15) is 29.8 Å². The summed E-state index contributed by atoms with van der Waals surface area (Å²) in [6.45, 7) is 2.08. The first-order valence-corrected chi connectivity index (χ1v) is 15.0. The number of rotatable bonds is 5. The second-order valence-corrected chi connectivity index (χ2v) is 12.1. The van der Waals surface area contributed by atoms with Crippen LogP contribution in [0.15, 0.2) is 47.0 Å². The molecule has 0 aliphatic carbocycles. The number of aliphatic hydroxyl groups is 1. The SMILES string of the molecule is C[C@H]1CNC(=O)CC/C=C\CN(c2ccccc2Cl)C(=O)[C@H]2N(CCCCO)C(=O)[C@@H]3[C@@H](C(=O)O1)[C@@H]1O[C@@]32C=C1Br. The number of unbranched alkanes of at least 4 members (excludes halogenated alkanes) is 1. The lowest BCUT2D eigenvalue weighted by Gasteiger charge is -2.36. The summed E-state index contributed by atoms with van der Waals surface area (Å²) in [5, 5.41) is 12.5. The highest BCUT2D eigenvalue weighted by Crippen LogP contribution is 2.59. The Morgan fingerprint density at radius 1 is 1.15 bits per heavy atom. The number of halogens is 2. The summed E-state index contributed by atoms with van der Waals surface area (Å²) in [4.78, 5) is 57.7. The number of esters is 1. The number of ether oxygens (including phenoxy) is 2. The number of aliphatic hydroxyl groups excluding tert-OH is 1. The van der Waals surface area contributed by atoms with E-state index in [0.29, 0.717) is 34.5 Å². The Kier molecular flexibility index (Phi) is 8.89. The molecule has 3 amide bonds. The first-order chi connectivity index (χ1) is 19.7. The lowest BCUT2D eigenvalue weighted by molar-refractivity contribution is -0.158. The van der Waals surface area contributed by atoms with Gasteiger partial charge in [-0.25, -0.2) is 0 Å². The van der Waals surface area contributed by atoms with Gasteiger partial charge in [0, 0.05) is 30.6 Å². The Morgan fingerprint density at radius 2 is 1.93 bits per heavy atom. The van der Waals surface area contributed by atoms with Crippen LogP contribution in [0.25, 0.3) is 0 Å². The monoisotopic (exact) mass is 649 g/mol. The van der Waals surface area contributed by atoms with Gasteiger partial charge in [-0.2, -0.15) is 0 Å². The zero-order chi connectivity index (χ0) is 29.3. The minimum atomic E-state index is -1.41. The zero-order valence-corrected chi connectivity index (χ0v) is 25.0. The molecule has 4 aliphatic rings. The van der Waals surface area contributed by atoms with E-state index in [4.69, 9.17) is 21.1 Å². The number of para-hydroxylation sites is 1. The Balaban J connectivity index is 1.61. The molecule has 1 spiro atoms. The highest BCUT2D eigenvalue weighted by molar-refractivity contribution is 9.11. The molecule has 2 fully saturated rings. The van der Waals surface area contributed by atoms with Gasteiger partial charge in [0.25, 0.3) is 5.91 Å². The highest BCUT2D eigenvalue weighted by Gasteiger charge is 2.74. The standard InChI is InChI=1S/C29H33BrClN3O7/c1-17-16-32-21(36)11-3-2-6-12-33(20-10-5-4-9-19(20)31)27(38)25-29-15-18(30)24(41-29)22(28(39)40-17)23(29)26(37)34(25)13-7-8-14-35/h2,4-6,9-10,15,17,22-25,35H,3,7-8,11-14,16H2,1H3,(H,32,36)/b6-2-/t17-,22+,23-,24+,25+,29-/m0/s1. The van der Waals surface area contributed by atoms with Crippen molar-refractivity contribution in [3.8, 4) is 0 Å². The number of nitrogens with zero attached hydrogens (tertiary/aromatic N) is 2. The highest BCUT2D eigenvalue weighted by atomic mass is 79.9. The molecular weight excluding hydrogens is 618 g/mol. The van der Waals surface area contributed by atoms with Crippen molar-refractivity contribution in [2.24, 2.45) is 11.8 Å². The van der Waals surface area contributed by atoms with Gasteiger partial charge in [-0.15, -0.1) is 0 Å². The number of allylic oxidation sites excluding steroid dienone is 1. The summed E-state index contributed by atoms with van der Waals surface area (Å²) >= 11 is 10.1. The van der Waals surface area contributed by atoms with E-state index >= 15 is 0 Å². The van der Waals surface area contributed by atoms with Crippen molar-refractivity contribution in [1.29, 1.82) is 0 Å². The maximum Gasteiger partial charge on any atom is 0.313 e. The molecule has 0 unspecified atom stereocenters. The number of carbonyl (C=O) groups is 4. The van der Waals surface area contributed by atoms with Crippen molar-refractivity contribution in [1.82, 2.24) is 10.2 Å². The van der Waals surface area contributed by atoms with Crippen LogP contribution >= 0.6 is 27.5 Å². The number of likely N-dealkylation sites (tertiary alicyclic amines) is 1. The van der Waals surface area contributed by atoms with Crippen LogP contribution in [-0.4, -0.2) is 83.8 Å². The summed E-state index contributed by atoms with van der Waals surface area (Å²) in [7, 11) is 0. The molecule has 1 aromatic carbocycles. The van der Waals surface area contributed by atoms with Crippen LogP contribution in [0, 0.1) is 11.8 Å². The fourth-order valence-electron chi connectivity index (χ4n) is 6.20. The van der Waals surface area contributed by atoms with Crippen LogP contribution in [0.2, 0.25) is 5.02 Å². The van der Waals surface area contributed by atoms with Crippen molar-refractivity contribution in [3.05, 3.63) is 52.0 Å². The molecule has 220 valence electrons. The summed E-state index contributed by atoms with van der Waals surface area (Å²) in [5.41, 5.74) is -0.947. The molecule has 2 saturated heterocycles. The van der Waals surface area contributed by atoms with Crippen LogP contribution in [0.4, 0.5) is 5.69 Å². The average Bonchev–Trinajstić information content (AvgIpc) is 3.53. The second kappa shape index (κ2) is 12.2. The van der Waals surface area contributed by atoms with Gasteiger partial charge in [0.05, 0.1) is 23.2 Å². The predicted molar refractivity (Wildman–Crippen MR) is 154 cm³/mol. The Bertz CT molecular complexity index is 1290. The molecule has 5 rings (SSSR count). The van der Waals surface area contributed by atoms with Gasteiger partial charge < -0.3 is 29.7 Å². The molecule has 41 heavy (non-hydrogen) atoms. The summed E-state index contributed by atoms with van der Waals surface area (Å²) < 4.78 is 12.7. The van der Waals surface area contributed by atoms with E-state index in [0.717, 1.165) is 0 Å². The van der Waals surface area contributed by atoms with Crippen LogP contribution in [0.1, 0.15) is 32.6 Å². The predicted octanol–water partition coefficient (Wildman–Crippen LogP) is 2.72. The van der Waals surface area contributed by atoms with Gasteiger partial charge in [-0.1, -0.05) is 51.8 Å². The van der Waals surface area contributed by atoms with Crippen molar-refractivity contribution < 1.29 is 33.8 Å². The van der Waals surface area contributed by atoms with Crippen LogP contribution < -0.4 is 10.2 Å². The number of hydrogen-bond donors (Lipinski definition) is 2. The summed E-state index contributed by atoms with van der Waals surface area (Å²) in [6, 6.07) is 5.86. The van der Waals surface area contributed by atoms with E-state index in [1.165, 1.54) is 9.80 Å². The fraction of sp³-hybridized carbons (Fsp3) is 0.517. The molecule has 1 aromatic rings. The first-order valence-electron chi connectivity index (χ1n) is 13.8. The molecule has 4 aliphatic heterocycles. The summed E-state index contributed by atoms with van der Waals surface area (Å²) in [5.74, 6) is -3.57. The number of nitrogens with one attached hydrogen (secondary N) is 1. The number of hydrogen-bond acceptors (Lipinski definition) is 7. The van der Waals surface area contributed by atoms with E-state index in [1.807, 2.05) is 6.08 Å². The Labute approximate surface area is 251 Å². The third-order valence-corrected chi connectivity index (χ3v) is 9.04. The molecule has 5 bridgehead atoms. The normalized spacial score (nSPS) is 33.0. The third-order valence-electron chi connectivity index (χ3n) is 8.05. The smallest absolute Gasteiger partial charge is 0.313 e. The minimum Gasteiger partial charge on any atom is -0.460 e. The minimum absolute atomic E-state index is 0.0564. The van der Waals surface area contributed by atoms with Crippen LogP contribution in [-0.2, 0) is 28.7 Å². The van der Waals surface area contributed by atoms with E-state index in [1.54, 1.807) is 43.3 Å². The maximum absolute atomic E-state index is 14.6. The van der Waals surface area contributed by atoms with E-state index < -0.39 is 47.6 Å². The fourth-order valence-corrected chi connectivity index (χ4v) is 7.18. The number of fused-ring (bicyclic) bond motifs is 2. The van der Waals surface area contributed by atoms with E-state index in [9.17, 15) is 24.3 Å². The molecule has 0 aromatic heterocycles. The zero-order valence-electron chi connectivity index (χ0n) is 22.6. The van der Waals surface area contributed by atoms with Crippen molar-refractivity contribution >= 4 is 56.9 Å². The molecule has 0 radical (unpaired) electrons. The quantitative estimate of drug-likeness (QED) is 0.285. The van der Waals surface area contributed by atoms with E-state index in [-0.39, 0.29) is 44.5 Å². The number of benzene rings is 1. The van der Waals surface area contributed by atoms with Crippen LogP contribution in [0.5, 0.6) is 0 Å². The molecule has 6 atom stereocenters. The van der Waals surface area contributed by atoms with Crippen molar-refractivity contribution in [3.63, 3.8) is 0 Å². The van der Waals surface area contributed by atoms with Gasteiger partial charge in [-0.3, -0.25) is 19.2 Å². The number of amides is 3. The Morgan fingerprint density at radius 3 is 2.68 bits per heavy atom. The van der Waals surface area contributed by atoms with Gasteiger partial charge in [0.15, 0.2) is 0 Å². The molecule has 12 heteroatoms. The Hall–Kier alpha value is -2.73. The van der Waals surface area contributed by atoms with Gasteiger partial charge >= 0.3 is 5.97 Å². The largest absolute Gasteiger partial charge is 0.460 e. The third kappa shape index (κ3) is 5.45. The molecule has 4 heterocycles. The molecule has 10 nitrogen and oxygen atoms in total. The number of cyclic esters (lactones) is 1. The number of carbonyl (C=O) groups excluding carboxylic acids is 4. The lowest BCUT2D eigenvalue weighted by atomic mass is 9.74. The molecular formula is C29H33BrClN3O7. The topological polar surface area (TPSA) is 125 Å². The van der Waals surface area contributed by atoms with Gasteiger partial charge in [-0.05, 0) is 44.4 Å². The van der Waals surface area contributed by atoms with Gasteiger partial charge in [0.2, 0.25) is 11.8 Å². The molecule has 2 N–H and O–H groups in total. The number of anilines is 1. The maximum atomic E-state index is 14.6. The van der Waals surface area contributed by atoms with Crippen molar-refractivity contribution in [2.45, 2.75) is 56.5 Å². The molecule has 0 saturated carbocycles. The van der Waals surface area contributed by atoms with Crippen LogP contribution in [0.3, 0.4) is 0 Å². The average molecular weight is 651 g/mol. The lowest BCUT2D eigenvalue weighted by Crippen LogP contribution is -2.56. The second-order valence-electron chi connectivity index (χ2n) is 10.8.